The summed E-state index contributed by atoms with van der Waals surface area (Å²) in [4.78, 5) is 0. The predicted octanol–water partition coefficient (Wildman–Crippen LogP) is 8.54. The molecule has 2 aromatic carbocycles. The third-order valence-electron chi connectivity index (χ3n) is 9.50. The van der Waals surface area contributed by atoms with E-state index in [0.29, 0.717) is 0 Å². The fourth-order valence-corrected chi connectivity index (χ4v) is 6.94. The van der Waals surface area contributed by atoms with Crippen LogP contribution in [-0.2, 0) is 50.5 Å². The van der Waals surface area contributed by atoms with Gasteiger partial charge in [0.25, 0.3) is 0 Å². The predicted molar refractivity (Wildman–Crippen MR) is 138 cm³/mol. The molecule has 0 aromatic heterocycles. The van der Waals surface area contributed by atoms with Gasteiger partial charge in [-0.2, -0.15) is 0 Å². The average Bonchev–Trinajstić information content (AvgIpc) is 3.12. The number of allylic oxidation sites excluding steroid dienone is 5. The maximum atomic E-state index is 2.62. The fraction of sp³-hybridized carbons (Fsp3) is 0.438. The zero-order valence-corrected chi connectivity index (χ0v) is 25.0. The summed E-state index contributed by atoms with van der Waals surface area (Å²) in [5.41, 5.74) is 15.6. The summed E-state index contributed by atoms with van der Waals surface area (Å²) in [6.07, 6.45) is 9.92. The monoisotopic (exact) mass is 602 g/mol. The van der Waals surface area contributed by atoms with Crippen LogP contribution in [0.1, 0.15) is 88.6 Å². The molecule has 0 fully saturated rings. The van der Waals surface area contributed by atoms with Crippen molar-refractivity contribution < 1.29 is 25.8 Å². The van der Waals surface area contributed by atoms with Crippen molar-refractivity contribution in [3.05, 3.63) is 98.1 Å². The average molecular weight is 601 g/mol. The molecule has 0 aliphatic heterocycles. The summed E-state index contributed by atoms with van der Waals surface area (Å²) in [5.74, 6) is 0. The minimum Gasteiger partial charge on any atom is -0.0622 e. The van der Waals surface area contributed by atoms with Crippen molar-refractivity contribution in [2.75, 3.05) is 0 Å². The number of rotatable bonds is 4. The van der Waals surface area contributed by atoms with E-state index in [4.69, 9.17) is 0 Å². The number of aryl methyl sites for hydroxylation is 2. The summed E-state index contributed by atoms with van der Waals surface area (Å²) >= 11 is 0. The molecule has 0 saturated carbocycles. The Kier molecular flexibility index (Phi) is 6.69. The molecule has 0 spiro atoms. The van der Waals surface area contributed by atoms with Gasteiger partial charge in [0.15, 0.2) is 0 Å². The van der Waals surface area contributed by atoms with Crippen molar-refractivity contribution >= 4 is 6.08 Å². The SMILES string of the molecule is CC1=Cc2cc3c(cc2C1(Cc1ccccc1)CC1(C)C(C)=C(C)C(C)=C1C)CCCC3.[Hf]. The third-order valence-corrected chi connectivity index (χ3v) is 9.50. The summed E-state index contributed by atoms with van der Waals surface area (Å²) in [6, 6.07) is 16.4. The summed E-state index contributed by atoms with van der Waals surface area (Å²) in [5, 5.41) is 0. The first-order valence-corrected chi connectivity index (χ1v) is 12.5. The smallest absolute Gasteiger partial charge is 0.0220 e. The van der Waals surface area contributed by atoms with Gasteiger partial charge in [-0.3, -0.25) is 0 Å². The van der Waals surface area contributed by atoms with Crippen LogP contribution in [0.5, 0.6) is 0 Å². The molecule has 2 aromatic rings. The van der Waals surface area contributed by atoms with Crippen LogP contribution in [0, 0.1) is 5.41 Å². The molecule has 33 heavy (non-hydrogen) atoms. The second-order valence-electron chi connectivity index (χ2n) is 11.0. The van der Waals surface area contributed by atoms with E-state index >= 15 is 0 Å². The van der Waals surface area contributed by atoms with Crippen LogP contribution in [0.15, 0.2) is 70.3 Å². The van der Waals surface area contributed by atoms with Crippen LogP contribution in [-0.4, -0.2) is 0 Å². The summed E-state index contributed by atoms with van der Waals surface area (Å²) in [7, 11) is 0. The Bertz CT molecular complexity index is 1150. The molecule has 1 atom stereocenters. The van der Waals surface area contributed by atoms with Crippen LogP contribution in [0.3, 0.4) is 0 Å². The van der Waals surface area contributed by atoms with Crippen molar-refractivity contribution in [3.8, 4) is 0 Å². The maximum absolute atomic E-state index is 2.62. The summed E-state index contributed by atoms with van der Waals surface area (Å²) < 4.78 is 0. The molecule has 0 amide bonds. The Morgan fingerprint density at radius 2 is 1.36 bits per heavy atom. The first-order chi connectivity index (χ1) is 15.3. The number of fused-ring (bicyclic) bond motifs is 2. The van der Waals surface area contributed by atoms with Gasteiger partial charge in [0, 0.05) is 36.7 Å². The fourth-order valence-electron chi connectivity index (χ4n) is 6.94. The molecule has 0 nitrogen and oxygen atoms in total. The first-order valence-electron chi connectivity index (χ1n) is 12.5. The Labute approximate surface area is 220 Å². The molecule has 0 saturated heterocycles. The Balaban J connectivity index is 0.00000259. The van der Waals surface area contributed by atoms with Gasteiger partial charge in [0.2, 0.25) is 0 Å². The number of hydrogen-bond acceptors (Lipinski definition) is 0. The molecule has 0 N–H and O–H groups in total. The largest absolute Gasteiger partial charge is 0.0622 e. The van der Waals surface area contributed by atoms with Crippen LogP contribution < -0.4 is 0 Å². The van der Waals surface area contributed by atoms with Gasteiger partial charge < -0.3 is 0 Å². The molecular formula is C32H38Hf. The van der Waals surface area contributed by atoms with Gasteiger partial charge in [0.05, 0.1) is 0 Å². The van der Waals surface area contributed by atoms with Crippen LogP contribution >= 0.6 is 0 Å². The van der Waals surface area contributed by atoms with E-state index in [9.17, 15) is 0 Å². The normalized spacial score (nSPS) is 23.3. The molecule has 170 valence electrons. The van der Waals surface area contributed by atoms with E-state index < -0.39 is 0 Å². The van der Waals surface area contributed by atoms with Crippen LogP contribution in [0.25, 0.3) is 6.08 Å². The van der Waals surface area contributed by atoms with E-state index in [1.807, 2.05) is 0 Å². The van der Waals surface area contributed by atoms with Gasteiger partial charge in [-0.15, -0.1) is 0 Å². The second kappa shape index (κ2) is 8.95. The van der Waals surface area contributed by atoms with Crippen molar-refractivity contribution in [3.63, 3.8) is 0 Å². The Hall–Kier alpha value is -1.47. The van der Waals surface area contributed by atoms with Crippen molar-refractivity contribution in [1.82, 2.24) is 0 Å². The third kappa shape index (κ3) is 3.83. The van der Waals surface area contributed by atoms with E-state index in [0.717, 1.165) is 12.8 Å². The minimum atomic E-state index is 0. The molecule has 3 aliphatic carbocycles. The maximum Gasteiger partial charge on any atom is 0.0220 e. The number of benzene rings is 2. The van der Waals surface area contributed by atoms with E-state index in [1.165, 1.54) is 48.0 Å². The number of hydrogen-bond donors (Lipinski definition) is 0. The second-order valence-corrected chi connectivity index (χ2v) is 11.0. The molecular weight excluding hydrogens is 563 g/mol. The Morgan fingerprint density at radius 3 is 1.97 bits per heavy atom. The standard InChI is InChI=1S/C32H38.Hf/c1-21-16-29-17-27-14-10-11-15-28(27)18-30(29)32(21,19-26-12-8-7-9-13-26)20-31(6)24(4)22(2)23(3)25(31)5;/h7-9,12-13,16-18H,10-11,14-15,19-20H2,1-6H3;. The van der Waals surface area contributed by atoms with Crippen LogP contribution in [0.4, 0.5) is 0 Å². The van der Waals surface area contributed by atoms with E-state index in [1.54, 1.807) is 33.4 Å². The van der Waals surface area contributed by atoms with Crippen molar-refractivity contribution in [1.29, 1.82) is 0 Å². The quantitative estimate of drug-likeness (QED) is 0.309. The van der Waals surface area contributed by atoms with Crippen molar-refractivity contribution in [2.24, 2.45) is 5.41 Å². The molecule has 1 heteroatoms. The minimum absolute atomic E-state index is 0. The molecule has 3 aliphatic rings. The zero-order valence-electron chi connectivity index (χ0n) is 21.4. The van der Waals surface area contributed by atoms with Gasteiger partial charge in [0.1, 0.15) is 0 Å². The van der Waals surface area contributed by atoms with Crippen molar-refractivity contribution in [2.45, 2.75) is 85.5 Å². The van der Waals surface area contributed by atoms with Gasteiger partial charge in [-0.1, -0.05) is 72.2 Å². The molecule has 1 unspecified atom stereocenters. The first kappa shape index (κ1) is 24.6. The Morgan fingerprint density at radius 1 is 0.788 bits per heavy atom. The van der Waals surface area contributed by atoms with E-state index in [-0.39, 0.29) is 36.7 Å². The van der Waals surface area contributed by atoms with Gasteiger partial charge in [-0.25, -0.2) is 0 Å². The zero-order chi connectivity index (χ0) is 22.7. The molecule has 0 bridgehead atoms. The van der Waals surface area contributed by atoms with Gasteiger partial charge in [-0.05, 0) is 112 Å². The topological polar surface area (TPSA) is 0 Å². The molecule has 5 rings (SSSR count). The summed E-state index contributed by atoms with van der Waals surface area (Å²) in [6.45, 7) is 14.3. The van der Waals surface area contributed by atoms with Crippen LogP contribution in [0.2, 0.25) is 0 Å². The molecule has 0 radical (unpaired) electrons. The van der Waals surface area contributed by atoms with E-state index in [2.05, 4.69) is 90.1 Å². The van der Waals surface area contributed by atoms with Gasteiger partial charge >= 0.3 is 0 Å². The molecule has 0 heterocycles.